The summed E-state index contributed by atoms with van der Waals surface area (Å²) in [4.78, 5) is 4.22. The molecule has 108 valence electrons. The molecule has 0 aliphatic heterocycles. The first-order chi connectivity index (χ1) is 9.30. The highest BCUT2D eigenvalue weighted by atomic mass is 14.9. The van der Waals surface area contributed by atoms with E-state index in [4.69, 9.17) is 0 Å². The largest absolute Gasteiger partial charge is 0.312 e. The molecule has 0 fully saturated rings. The van der Waals surface area contributed by atoms with E-state index in [0.29, 0.717) is 0 Å². The second-order valence-electron chi connectivity index (χ2n) is 7.21. The number of nitrogens with one attached hydrogen (secondary N) is 1. The topological polar surface area (TPSA) is 24.9 Å². The lowest BCUT2D eigenvalue weighted by molar-refractivity contribution is 0.380. The smallest absolute Gasteiger partial charge is 0.0346 e. The van der Waals surface area contributed by atoms with Crippen LogP contribution < -0.4 is 5.32 Å². The van der Waals surface area contributed by atoms with Crippen LogP contribution in [0.2, 0.25) is 0 Å². The third-order valence-corrected chi connectivity index (χ3v) is 3.82. The van der Waals surface area contributed by atoms with Crippen molar-refractivity contribution in [2.24, 2.45) is 0 Å². The Bertz CT molecular complexity index is 574. The van der Waals surface area contributed by atoms with Gasteiger partial charge in [0.2, 0.25) is 0 Å². The lowest BCUT2D eigenvalue weighted by Crippen LogP contribution is -2.38. The van der Waals surface area contributed by atoms with Crippen LogP contribution in [-0.4, -0.2) is 17.1 Å². The van der Waals surface area contributed by atoms with E-state index < -0.39 is 0 Å². The van der Waals surface area contributed by atoms with Crippen LogP contribution in [0.4, 0.5) is 0 Å². The van der Waals surface area contributed by atoms with E-state index in [1.807, 2.05) is 12.4 Å². The van der Waals surface area contributed by atoms with Crippen molar-refractivity contribution in [2.45, 2.75) is 52.0 Å². The summed E-state index contributed by atoms with van der Waals surface area (Å²) >= 11 is 0. The first-order valence-corrected chi connectivity index (χ1v) is 7.38. The highest BCUT2D eigenvalue weighted by molar-refractivity contribution is 5.85. The molecule has 0 radical (unpaired) electrons. The van der Waals surface area contributed by atoms with Gasteiger partial charge in [-0.05, 0) is 56.2 Å². The highest BCUT2D eigenvalue weighted by Crippen LogP contribution is 2.32. The van der Waals surface area contributed by atoms with Crippen molar-refractivity contribution in [2.75, 3.05) is 6.54 Å². The molecule has 0 spiro atoms. The van der Waals surface area contributed by atoms with Crippen LogP contribution >= 0.6 is 0 Å². The van der Waals surface area contributed by atoms with Gasteiger partial charge in [-0.15, -0.1) is 0 Å². The molecular formula is C18H26N2. The van der Waals surface area contributed by atoms with Gasteiger partial charge in [0.05, 0.1) is 0 Å². The molecule has 0 amide bonds. The summed E-state index contributed by atoms with van der Waals surface area (Å²) in [6, 6.07) is 8.65. The summed E-state index contributed by atoms with van der Waals surface area (Å²) in [5.74, 6) is 0. The van der Waals surface area contributed by atoms with Crippen molar-refractivity contribution in [3.63, 3.8) is 0 Å². The number of hydrogen-bond acceptors (Lipinski definition) is 2. The van der Waals surface area contributed by atoms with Crippen molar-refractivity contribution in [1.82, 2.24) is 10.3 Å². The normalized spacial score (nSPS) is 12.8. The van der Waals surface area contributed by atoms with Crippen LogP contribution in [0.25, 0.3) is 10.8 Å². The van der Waals surface area contributed by atoms with Gasteiger partial charge in [-0.25, -0.2) is 0 Å². The fourth-order valence-corrected chi connectivity index (χ4v) is 2.60. The van der Waals surface area contributed by atoms with E-state index in [9.17, 15) is 0 Å². The Morgan fingerprint density at radius 3 is 2.50 bits per heavy atom. The molecule has 0 unspecified atom stereocenters. The number of rotatable bonds is 4. The number of benzene rings is 1. The molecular weight excluding hydrogens is 244 g/mol. The van der Waals surface area contributed by atoms with Crippen molar-refractivity contribution < 1.29 is 0 Å². The zero-order valence-electron chi connectivity index (χ0n) is 13.3. The number of pyridine rings is 1. The third-order valence-electron chi connectivity index (χ3n) is 3.82. The maximum absolute atomic E-state index is 4.22. The van der Waals surface area contributed by atoms with Gasteiger partial charge in [0.1, 0.15) is 0 Å². The Labute approximate surface area is 122 Å². The fraction of sp³-hybridized carbons (Fsp3) is 0.500. The average Bonchev–Trinajstić information content (AvgIpc) is 2.36. The Kier molecular flexibility index (Phi) is 4.14. The number of hydrogen-bond donors (Lipinski definition) is 1. The van der Waals surface area contributed by atoms with Crippen LogP contribution in [-0.2, 0) is 5.41 Å². The predicted octanol–water partition coefficient (Wildman–Crippen LogP) is 4.29. The average molecular weight is 270 g/mol. The summed E-state index contributed by atoms with van der Waals surface area (Å²) in [7, 11) is 0. The zero-order valence-corrected chi connectivity index (χ0v) is 13.3. The Morgan fingerprint density at radius 2 is 1.80 bits per heavy atom. The molecule has 0 aliphatic carbocycles. The molecule has 2 heteroatoms. The van der Waals surface area contributed by atoms with Crippen molar-refractivity contribution in [3.8, 4) is 0 Å². The quantitative estimate of drug-likeness (QED) is 0.896. The molecule has 0 atom stereocenters. The molecule has 2 rings (SSSR count). The second-order valence-corrected chi connectivity index (χ2v) is 7.21. The third kappa shape index (κ3) is 3.57. The van der Waals surface area contributed by atoms with Gasteiger partial charge in [-0.1, -0.05) is 32.0 Å². The van der Waals surface area contributed by atoms with Gasteiger partial charge in [-0.2, -0.15) is 0 Å². The molecule has 1 aromatic heterocycles. The standard InChI is InChI=1S/C18H26N2/c1-17(2,3)20-12-10-18(4,5)16-8-6-7-14-13-19-11-9-15(14)16/h6-9,11,13,20H,10,12H2,1-5H3. The van der Waals surface area contributed by atoms with Crippen LogP contribution in [0.1, 0.15) is 46.6 Å². The van der Waals surface area contributed by atoms with E-state index in [-0.39, 0.29) is 11.0 Å². The lowest BCUT2D eigenvalue weighted by atomic mass is 9.79. The molecule has 0 saturated carbocycles. The summed E-state index contributed by atoms with van der Waals surface area (Å²) in [5.41, 5.74) is 1.74. The van der Waals surface area contributed by atoms with Gasteiger partial charge < -0.3 is 5.32 Å². The van der Waals surface area contributed by atoms with Crippen LogP contribution in [0, 0.1) is 0 Å². The Morgan fingerprint density at radius 1 is 1.05 bits per heavy atom. The molecule has 0 aliphatic rings. The van der Waals surface area contributed by atoms with Crippen molar-refractivity contribution in [3.05, 3.63) is 42.2 Å². The van der Waals surface area contributed by atoms with E-state index >= 15 is 0 Å². The maximum Gasteiger partial charge on any atom is 0.0346 e. The summed E-state index contributed by atoms with van der Waals surface area (Å²) in [6.45, 7) is 12.3. The van der Waals surface area contributed by atoms with Gasteiger partial charge >= 0.3 is 0 Å². The van der Waals surface area contributed by atoms with Crippen LogP contribution in [0.3, 0.4) is 0 Å². The minimum atomic E-state index is 0.152. The Balaban J connectivity index is 2.23. The van der Waals surface area contributed by atoms with Crippen LogP contribution in [0.15, 0.2) is 36.7 Å². The van der Waals surface area contributed by atoms with E-state index in [0.717, 1.165) is 13.0 Å². The Hall–Kier alpha value is -1.41. The minimum absolute atomic E-state index is 0.152. The predicted molar refractivity (Wildman–Crippen MR) is 87.1 cm³/mol. The van der Waals surface area contributed by atoms with E-state index in [1.54, 1.807) is 0 Å². The molecule has 20 heavy (non-hydrogen) atoms. The molecule has 1 aromatic carbocycles. The number of nitrogens with zero attached hydrogens (tertiary/aromatic N) is 1. The van der Waals surface area contributed by atoms with Crippen LogP contribution in [0.5, 0.6) is 0 Å². The SMILES string of the molecule is CC(C)(C)NCCC(C)(C)c1cccc2cnccc12. The van der Waals surface area contributed by atoms with E-state index in [1.165, 1.54) is 16.3 Å². The lowest BCUT2D eigenvalue weighted by Gasteiger charge is -2.29. The first kappa shape index (κ1) is 15.0. The molecule has 0 saturated heterocycles. The second kappa shape index (κ2) is 5.53. The molecule has 2 aromatic rings. The monoisotopic (exact) mass is 270 g/mol. The summed E-state index contributed by atoms with van der Waals surface area (Å²) in [5, 5.41) is 6.13. The van der Waals surface area contributed by atoms with Gasteiger partial charge in [0.15, 0.2) is 0 Å². The molecule has 0 bridgehead atoms. The van der Waals surface area contributed by atoms with Gasteiger partial charge in [0, 0.05) is 23.3 Å². The number of fused-ring (bicyclic) bond motifs is 1. The summed E-state index contributed by atoms with van der Waals surface area (Å²) < 4.78 is 0. The molecule has 1 heterocycles. The van der Waals surface area contributed by atoms with E-state index in [2.05, 4.69) is 69.2 Å². The molecule has 1 N–H and O–H groups in total. The fourth-order valence-electron chi connectivity index (χ4n) is 2.60. The van der Waals surface area contributed by atoms with Crippen molar-refractivity contribution >= 4 is 10.8 Å². The van der Waals surface area contributed by atoms with Crippen molar-refractivity contribution in [1.29, 1.82) is 0 Å². The highest BCUT2D eigenvalue weighted by Gasteiger charge is 2.23. The summed E-state index contributed by atoms with van der Waals surface area (Å²) in [6.07, 6.45) is 4.95. The first-order valence-electron chi connectivity index (χ1n) is 7.38. The van der Waals surface area contributed by atoms with Gasteiger partial charge in [0.25, 0.3) is 0 Å². The maximum atomic E-state index is 4.22. The number of aromatic nitrogens is 1. The minimum Gasteiger partial charge on any atom is -0.312 e. The molecule has 2 nitrogen and oxygen atoms in total. The zero-order chi connectivity index (χ0) is 14.8. The van der Waals surface area contributed by atoms with Gasteiger partial charge in [-0.3, -0.25) is 4.98 Å².